The number of piperidine rings is 2. The van der Waals surface area contributed by atoms with Crippen molar-refractivity contribution in [1.82, 2.24) is 15.1 Å². The third-order valence-electron chi connectivity index (χ3n) is 5.73. The molecule has 2 aliphatic rings. The van der Waals surface area contributed by atoms with Gasteiger partial charge in [0.15, 0.2) is 5.96 Å². The normalized spacial score (nSPS) is 22.1. The molecule has 3 N–H and O–H groups in total. The lowest BCUT2D eigenvalue weighted by Gasteiger charge is -2.34. The predicted octanol–water partition coefficient (Wildman–Crippen LogP) is 0.814. The second-order valence-corrected chi connectivity index (χ2v) is 7.74. The van der Waals surface area contributed by atoms with E-state index < -0.39 is 0 Å². The van der Waals surface area contributed by atoms with Gasteiger partial charge in [-0.05, 0) is 65.1 Å². The van der Waals surface area contributed by atoms with Crippen molar-refractivity contribution in [3.8, 4) is 0 Å². The minimum absolute atomic E-state index is 0.0595. The summed E-state index contributed by atoms with van der Waals surface area (Å²) < 4.78 is 5.18. The number of hydrogen-bond acceptors (Lipinski definition) is 5. The van der Waals surface area contributed by atoms with Gasteiger partial charge in [0, 0.05) is 32.6 Å². The van der Waals surface area contributed by atoms with Gasteiger partial charge in [0.25, 0.3) is 0 Å². The molecule has 2 rings (SSSR count). The molecule has 2 saturated heterocycles. The quantitative estimate of drug-likeness (QED) is 0.273. The summed E-state index contributed by atoms with van der Waals surface area (Å²) in [5.41, 5.74) is 5.39. The first-order chi connectivity index (χ1) is 13.5. The van der Waals surface area contributed by atoms with Crippen molar-refractivity contribution >= 4 is 17.8 Å². The van der Waals surface area contributed by atoms with E-state index in [0.717, 1.165) is 77.2 Å². The van der Waals surface area contributed by atoms with Gasteiger partial charge in [0.2, 0.25) is 5.91 Å². The van der Waals surface area contributed by atoms with Gasteiger partial charge >= 0.3 is 5.97 Å². The van der Waals surface area contributed by atoms with Crippen LogP contribution in [0, 0.1) is 11.8 Å². The molecule has 28 heavy (non-hydrogen) atoms. The zero-order valence-electron chi connectivity index (χ0n) is 17.5. The van der Waals surface area contributed by atoms with Crippen LogP contribution in [0.25, 0.3) is 0 Å². The molecule has 1 amide bonds. The van der Waals surface area contributed by atoms with E-state index in [4.69, 9.17) is 10.5 Å². The highest BCUT2D eigenvalue weighted by Gasteiger charge is 2.28. The van der Waals surface area contributed by atoms with Gasteiger partial charge in [-0.3, -0.25) is 14.6 Å². The standard InChI is InChI=1S/C20H37N5O3/c1-3-28-19(27)17-7-6-12-25(15-17)20(22-2)23-10-4-5-11-24-13-8-16(9-14-24)18(21)26/h16-17H,3-15H2,1-2H3,(H2,21,26)(H,22,23). The summed E-state index contributed by atoms with van der Waals surface area (Å²) in [5.74, 6) is 0.622. The molecule has 2 fully saturated rings. The average molecular weight is 396 g/mol. The van der Waals surface area contributed by atoms with Crippen molar-refractivity contribution in [3.05, 3.63) is 0 Å². The molecule has 0 spiro atoms. The van der Waals surface area contributed by atoms with Crippen LogP contribution < -0.4 is 11.1 Å². The molecule has 1 unspecified atom stereocenters. The number of ether oxygens (including phenoxy) is 1. The summed E-state index contributed by atoms with van der Waals surface area (Å²) in [4.78, 5) is 32.2. The van der Waals surface area contributed by atoms with Crippen molar-refractivity contribution in [2.24, 2.45) is 22.6 Å². The Bertz CT molecular complexity index is 532. The highest BCUT2D eigenvalue weighted by atomic mass is 16.5. The van der Waals surface area contributed by atoms with Crippen molar-refractivity contribution < 1.29 is 14.3 Å². The third-order valence-corrected chi connectivity index (χ3v) is 5.73. The Labute approximate surface area is 168 Å². The highest BCUT2D eigenvalue weighted by molar-refractivity contribution is 5.81. The number of primary amides is 1. The van der Waals surface area contributed by atoms with E-state index in [1.807, 2.05) is 6.92 Å². The van der Waals surface area contributed by atoms with Crippen LogP contribution in [0.5, 0.6) is 0 Å². The number of amides is 1. The maximum absolute atomic E-state index is 12.0. The van der Waals surface area contributed by atoms with E-state index in [0.29, 0.717) is 13.2 Å². The van der Waals surface area contributed by atoms with Crippen molar-refractivity contribution in [2.45, 2.75) is 45.4 Å². The van der Waals surface area contributed by atoms with Gasteiger partial charge in [-0.25, -0.2) is 0 Å². The largest absolute Gasteiger partial charge is 0.466 e. The highest BCUT2D eigenvalue weighted by Crippen LogP contribution is 2.18. The van der Waals surface area contributed by atoms with Gasteiger partial charge in [-0.1, -0.05) is 0 Å². The van der Waals surface area contributed by atoms with E-state index in [1.54, 1.807) is 7.05 Å². The predicted molar refractivity (Wildman–Crippen MR) is 110 cm³/mol. The molecular formula is C20H37N5O3. The number of nitrogens with zero attached hydrogens (tertiary/aromatic N) is 3. The summed E-state index contributed by atoms with van der Waals surface area (Å²) in [6, 6.07) is 0. The Hall–Kier alpha value is -1.83. The number of esters is 1. The lowest BCUT2D eigenvalue weighted by Crippen LogP contribution is -2.48. The molecule has 1 atom stereocenters. The van der Waals surface area contributed by atoms with Crippen LogP contribution in [0.3, 0.4) is 0 Å². The zero-order chi connectivity index (χ0) is 20.4. The van der Waals surface area contributed by atoms with E-state index in [-0.39, 0.29) is 23.7 Å². The molecule has 0 aromatic rings. The lowest BCUT2D eigenvalue weighted by atomic mass is 9.96. The zero-order valence-corrected chi connectivity index (χ0v) is 17.5. The second-order valence-electron chi connectivity index (χ2n) is 7.74. The van der Waals surface area contributed by atoms with Crippen LogP contribution in [0.1, 0.15) is 45.4 Å². The maximum atomic E-state index is 12.0. The van der Waals surface area contributed by atoms with Crippen molar-refractivity contribution in [1.29, 1.82) is 0 Å². The molecule has 0 bridgehead atoms. The third kappa shape index (κ3) is 6.96. The summed E-state index contributed by atoms with van der Waals surface area (Å²) in [5, 5.41) is 3.43. The first-order valence-electron chi connectivity index (χ1n) is 10.7. The first kappa shape index (κ1) is 22.5. The van der Waals surface area contributed by atoms with Crippen LogP contribution in [0.15, 0.2) is 4.99 Å². The smallest absolute Gasteiger partial charge is 0.310 e. The van der Waals surface area contributed by atoms with Crippen LogP contribution >= 0.6 is 0 Å². The summed E-state index contributed by atoms with van der Waals surface area (Å²) in [6.45, 7) is 7.72. The first-order valence-corrected chi connectivity index (χ1v) is 10.7. The number of rotatable bonds is 8. The molecule has 0 radical (unpaired) electrons. The number of aliphatic imine (C=N–C) groups is 1. The second kappa shape index (κ2) is 11.9. The van der Waals surface area contributed by atoms with Gasteiger partial charge in [-0.15, -0.1) is 0 Å². The topological polar surface area (TPSA) is 100 Å². The number of likely N-dealkylation sites (tertiary alicyclic amines) is 2. The summed E-state index contributed by atoms with van der Waals surface area (Å²) in [6.07, 6.45) is 5.80. The Morgan fingerprint density at radius 3 is 2.54 bits per heavy atom. The fraction of sp³-hybridized carbons (Fsp3) is 0.850. The fourth-order valence-corrected chi connectivity index (χ4v) is 4.06. The summed E-state index contributed by atoms with van der Waals surface area (Å²) >= 11 is 0. The van der Waals surface area contributed by atoms with Gasteiger partial charge in [0.1, 0.15) is 0 Å². The molecule has 8 nitrogen and oxygen atoms in total. The number of carbonyl (C=O) groups is 2. The molecule has 0 saturated carbocycles. The lowest BCUT2D eigenvalue weighted by molar-refractivity contribution is -0.149. The van der Waals surface area contributed by atoms with Crippen LogP contribution in [0.2, 0.25) is 0 Å². The maximum Gasteiger partial charge on any atom is 0.310 e. The Morgan fingerprint density at radius 1 is 1.14 bits per heavy atom. The number of unbranched alkanes of at least 4 members (excludes halogenated alkanes) is 1. The van der Waals surface area contributed by atoms with Crippen LogP contribution in [-0.4, -0.2) is 80.6 Å². The summed E-state index contributed by atoms with van der Waals surface area (Å²) in [7, 11) is 1.79. The molecule has 160 valence electrons. The van der Waals surface area contributed by atoms with Gasteiger partial charge < -0.3 is 25.6 Å². The number of carbonyl (C=O) groups excluding carboxylic acids is 2. The molecule has 2 aliphatic heterocycles. The van der Waals surface area contributed by atoms with Crippen molar-refractivity contribution in [2.75, 3.05) is 52.9 Å². The Balaban J connectivity index is 1.63. The molecular weight excluding hydrogens is 358 g/mol. The van der Waals surface area contributed by atoms with E-state index in [1.165, 1.54) is 0 Å². The van der Waals surface area contributed by atoms with E-state index in [9.17, 15) is 9.59 Å². The number of hydrogen-bond donors (Lipinski definition) is 2. The van der Waals surface area contributed by atoms with Gasteiger partial charge in [0.05, 0.1) is 12.5 Å². The monoisotopic (exact) mass is 395 g/mol. The molecule has 8 heteroatoms. The Morgan fingerprint density at radius 2 is 1.89 bits per heavy atom. The molecule has 0 aromatic carbocycles. The van der Waals surface area contributed by atoms with Crippen LogP contribution in [-0.2, 0) is 14.3 Å². The molecule has 2 heterocycles. The number of nitrogens with one attached hydrogen (secondary N) is 1. The van der Waals surface area contributed by atoms with Gasteiger partial charge in [-0.2, -0.15) is 0 Å². The molecule has 0 aromatic heterocycles. The molecule has 0 aliphatic carbocycles. The van der Waals surface area contributed by atoms with Crippen molar-refractivity contribution in [3.63, 3.8) is 0 Å². The number of guanidine groups is 1. The minimum atomic E-state index is -0.154. The van der Waals surface area contributed by atoms with E-state index >= 15 is 0 Å². The van der Waals surface area contributed by atoms with E-state index in [2.05, 4.69) is 20.1 Å². The Kier molecular flexibility index (Phi) is 9.54. The fourth-order valence-electron chi connectivity index (χ4n) is 4.06. The SMILES string of the molecule is CCOC(=O)C1CCCN(C(=NC)NCCCCN2CCC(C(N)=O)CC2)C1. The average Bonchev–Trinajstić information content (AvgIpc) is 2.71. The number of nitrogens with two attached hydrogens (primary N) is 1. The minimum Gasteiger partial charge on any atom is -0.466 e. The van der Waals surface area contributed by atoms with Crippen LogP contribution in [0.4, 0.5) is 0 Å².